The zero-order valence-electron chi connectivity index (χ0n) is 5.87. The largest absolute Gasteiger partial charge is 0.333 e. The summed E-state index contributed by atoms with van der Waals surface area (Å²) < 4.78 is 0. The Labute approximate surface area is 66.0 Å². The first-order valence-corrected chi connectivity index (χ1v) is 3.52. The second-order valence-corrected chi connectivity index (χ2v) is 2.15. The summed E-state index contributed by atoms with van der Waals surface area (Å²) >= 11 is 3.62. The normalized spacial score (nSPS) is 8.50. The summed E-state index contributed by atoms with van der Waals surface area (Å²) in [6.07, 6.45) is 0.375. The highest BCUT2D eigenvalue weighted by Crippen LogP contribution is 1.95. The molecular formula is C6H10N2OS. The van der Waals surface area contributed by atoms with Gasteiger partial charge in [0.2, 0.25) is 0 Å². The Morgan fingerprint density at radius 2 is 2.40 bits per heavy atom. The number of carbonyl (C=O) groups is 1. The highest BCUT2D eigenvalue weighted by molar-refractivity contribution is 7.96. The van der Waals surface area contributed by atoms with Gasteiger partial charge in [-0.05, 0) is 6.92 Å². The molecule has 0 fully saturated rings. The van der Waals surface area contributed by atoms with Gasteiger partial charge in [-0.25, -0.2) is 0 Å². The molecule has 0 heterocycles. The molecule has 56 valence electrons. The Morgan fingerprint density at radius 3 is 2.70 bits per heavy atom. The lowest BCUT2D eigenvalue weighted by Crippen LogP contribution is -2.26. The van der Waals surface area contributed by atoms with Crippen molar-refractivity contribution in [2.75, 3.05) is 13.1 Å². The van der Waals surface area contributed by atoms with Crippen molar-refractivity contribution in [1.82, 2.24) is 4.90 Å². The van der Waals surface area contributed by atoms with Gasteiger partial charge in [0, 0.05) is 13.1 Å². The Hall–Kier alpha value is -0.690. The molecule has 0 aliphatic carbocycles. The maximum Gasteiger partial charge on any atom is 0.278 e. The first kappa shape index (κ1) is 9.31. The van der Waals surface area contributed by atoms with Crippen molar-refractivity contribution in [2.45, 2.75) is 13.3 Å². The number of rotatable bonds is 3. The van der Waals surface area contributed by atoms with Gasteiger partial charge < -0.3 is 4.90 Å². The van der Waals surface area contributed by atoms with Gasteiger partial charge in [0.15, 0.2) is 0 Å². The topological polar surface area (TPSA) is 44.1 Å². The molecule has 10 heavy (non-hydrogen) atoms. The van der Waals surface area contributed by atoms with Gasteiger partial charge in [-0.2, -0.15) is 5.26 Å². The van der Waals surface area contributed by atoms with E-state index in [1.54, 1.807) is 0 Å². The number of nitrogens with zero attached hydrogens (tertiary/aromatic N) is 2. The zero-order chi connectivity index (χ0) is 7.98. The lowest BCUT2D eigenvalue weighted by molar-refractivity contribution is 0.227. The number of amides is 1. The van der Waals surface area contributed by atoms with Gasteiger partial charge in [-0.1, -0.05) is 12.6 Å². The molecule has 0 rings (SSSR count). The van der Waals surface area contributed by atoms with Crippen molar-refractivity contribution in [2.24, 2.45) is 0 Å². The van der Waals surface area contributed by atoms with Gasteiger partial charge in [0.25, 0.3) is 5.24 Å². The minimum absolute atomic E-state index is 0.266. The van der Waals surface area contributed by atoms with Crippen LogP contribution in [-0.4, -0.2) is 23.2 Å². The van der Waals surface area contributed by atoms with Gasteiger partial charge in [-0.15, -0.1) is 0 Å². The third-order valence-corrected chi connectivity index (χ3v) is 1.43. The van der Waals surface area contributed by atoms with Crippen LogP contribution in [0.15, 0.2) is 0 Å². The Kier molecular flexibility index (Phi) is 4.77. The number of carbonyl (C=O) groups excluding carboxylic acids is 1. The molecule has 0 N–H and O–H groups in total. The molecule has 0 aromatic heterocycles. The van der Waals surface area contributed by atoms with Crippen LogP contribution in [0.2, 0.25) is 0 Å². The molecule has 0 aliphatic rings. The van der Waals surface area contributed by atoms with E-state index in [1.807, 2.05) is 13.0 Å². The van der Waals surface area contributed by atoms with Gasteiger partial charge in [-0.3, -0.25) is 4.79 Å². The Morgan fingerprint density at radius 1 is 1.80 bits per heavy atom. The molecule has 0 saturated carbocycles. The molecule has 0 aromatic carbocycles. The second-order valence-electron chi connectivity index (χ2n) is 1.77. The van der Waals surface area contributed by atoms with E-state index in [0.29, 0.717) is 19.5 Å². The molecule has 4 heteroatoms. The predicted molar refractivity (Wildman–Crippen MR) is 41.9 cm³/mol. The zero-order valence-corrected chi connectivity index (χ0v) is 6.77. The molecule has 0 radical (unpaired) electrons. The quantitative estimate of drug-likeness (QED) is 0.629. The van der Waals surface area contributed by atoms with Crippen molar-refractivity contribution >= 4 is 17.9 Å². The summed E-state index contributed by atoms with van der Waals surface area (Å²) in [4.78, 5) is 12.1. The van der Waals surface area contributed by atoms with Crippen LogP contribution in [0.1, 0.15) is 13.3 Å². The second kappa shape index (κ2) is 5.12. The fraction of sp³-hybridized carbons (Fsp3) is 0.667. The van der Waals surface area contributed by atoms with Crippen molar-refractivity contribution in [3.8, 4) is 6.07 Å². The fourth-order valence-corrected chi connectivity index (χ4v) is 0.815. The highest BCUT2D eigenvalue weighted by atomic mass is 32.1. The predicted octanol–water partition coefficient (Wildman–Crippen LogP) is 1.27. The molecule has 1 amide bonds. The van der Waals surface area contributed by atoms with E-state index in [9.17, 15) is 4.79 Å². The van der Waals surface area contributed by atoms with Crippen molar-refractivity contribution in [3.05, 3.63) is 0 Å². The van der Waals surface area contributed by atoms with Crippen LogP contribution in [0.5, 0.6) is 0 Å². The first-order chi connectivity index (χ1) is 4.72. The lowest BCUT2D eigenvalue weighted by Gasteiger charge is -2.15. The maximum absolute atomic E-state index is 10.6. The van der Waals surface area contributed by atoms with Crippen molar-refractivity contribution in [3.63, 3.8) is 0 Å². The standard InChI is InChI=1S/C6H10N2OS/c1-2-8(6(9)10)5-3-4-7/h2-3,5H2,1H3,(H,9,10). The molecule has 0 atom stereocenters. The fourth-order valence-electron chi connectivity index (χ4n) is 0.574. The minimum atomic E-state index is -0.266. The monoisotopic (exact) mass is 158 g/mol. The van der Waals surface area contributed by atoms with E-state index in [-0.39, 0.29) is 5.24 Å². The highest BCUT2D eigenvalue weighted by Gasteiger charge is 2.04. The maximum atomic E-state index is 10.6. The average Bonchev–Trinajstić information content (AvgIpc) is 1.89. The Bertz CT molecular complexity index is 152. The average molecular weight is 158 g/mol. The summed E-state index contributed by atoms with van der Waals surface area (Å²) in [5.74, 6) is 0. The lowest BCUT2D eigenvalue weighted by atomic mass is 10.4. The van der Waals surface area contributed by atoms with E-state index in [0.717, 1.165) is 0 Å². The van der Waals surface area contributed by atoms with Crippen LogP contribution in [0, 0.1) is 11.3 Å². The molecule has 0 aliphatic heterocycles. The Balaban J connectivity index is 3.63. The molecule has 0 spiro atoms. The summed E-state index contributed by atoms with van der Waals surface area (Å²) in [7, 11) is 0. The summed E-state index contributed by atoms with van der Waals surface area (Å²) in [6, 6.07) is 1.96. The van der Waals surface area contributed by atoms with E-state index in [1.165, 1.54) is 4.90 Å². The molecule has 0 bridgehead atoms. The molecular weight excluding hydrogens is 148 g/mol. The summed E-state index contributed by atoms with van der Waals surface area (Å²) in [5, 5.41) is 7.91. The van der Waals surface area contributed by atoms with E-state index >= 15 is 0 Å². The van der Waals surface area contributed by atoms with E-state index in [2.05, 4.69) is 12.6 Å². The van der Waals surface area contributed by atoms with Gasteiger partial charge in [0.1, 0.15) is 0 Å². The first-order valence-electron chi connectivity index (χ1n) is 3.07. The number of hydrogen-bond acceptors (Lipinski definition) is 2. The van der Waals surface area contributed by atoms with E-state index in [4.69, 9.17) is 5.26 Å². The molecule has 0 aromatic rings. The molecule has 0 saturated heterocycles. The van der Waals surface area contributed by atoms with Gasteiger partial charge in [0.05, 0.1) is 12.5 Å². The van der Waals surface area contributed by atoms with Crippen molar-refractivity contribution < 1.29 is 4.79 Å². The number of thiol groups is 1. The smallest absolute Gasteiger partial charge is 0.278 e. The number of nitriles is 1. The van der Waals surface area contributed by atoms with Crippen LogP contribution in [0.3, 0.4) is 0 Å². The third-order valence-electron chi connectivity index (χ3n) is 1.15. The minimum Gasteiger partial charge on any atom is -0.333 e. The van der Waals surface area contributed by atoms with E-state index < -0.39 is 0 Å². The van der Waals surface area contributed by atoms with Crippen LogP contribution in [0.4, 0.5) is 4.79 Å². The van der Waals surface area contributed by atoms with Crippen LogP contribution in [-0.2, 0) is 0 Å². The molecule has 3 nitrogen and oxygen atoms in total. The van der Waals surface area contributed by atoms with Crippen molar-refractivity contribution in [1.29, 1.82) is 5.26 Å². The van der Waals surface area contributed by atoms with Crippen LogP contribution < -0.4 is 0 Å². The molecule has 0 unspecified atom stereocenters. The summed E-state index contributed by atoms with van der Waals surface area (Å²) in [6.45, 7) is 2.95. The van der Waals surface area contributed by atoms with Crippen LogP contribution >= 0.6 is 12.6 Å². The van der Waals surface area contributed by atoms with Crippen LogP contribution in [0.25, 0.3) is 0 Å². The third kappa shape index (κ3) is 3.36. The summed E-state index contributed by atoms with van der Waals surface area (Å²) in [5.41, 5.74) is 0. The number of hydrogen-bond donors (Lipinski definition) is 1. The SMILES string of the molecule is CCN(CCC#N)C(=O)S. The van der Waals surface area contributed by atoms with Gasteiger partial charge >= 0.3 is 0 Å².